The van der Waals surface area contributed by atoms with Gasteiger partial charge in [0, 0.05) is 42.6 Å². The molecule has 28 heavy (non-hydrogen) atoms. The van der Waals surface area contributed by atoms with Crippen molar-refractivity contribution in [1.82, 2.24) is 10.6 Å². The van der Waals surface area contributed by atoms with Gasteiger partial charge in [-0.2, -0.15) is 0 Å². The van der Waals surface area contributed by atoms with Crippen LogP contribution in [0, 0.1) is 0 Å². The minimum absolute atomic E-state index is 0.150. The zero-order valence-corrected chi connectivity index (χ0v) is 15.9. The molecule has 0 radical (unpaired) electrons. The summed E-state index contributed by atoms with van der Waals surface area (Å²) in [6, 6.07) is 15.3. The second-order valence-corrected chi connectivity index (χ2v) is 7.46. The highest BCUT2D eigenvalue weighted by atomic mass is 16.2. The Bertz CT molecular complexity index is 857. The Hall–Kier alpha value is -3.02. The third kappa shape index (κ3) is 4.63. The Kier molecular flexibility index (Phi) is 5.46. The fraction of sp³-hybridized carbons (Fsp3) is 0.364. The van der Waals surface area contributed by atoms with Gasteiger partial charge < -0.3 is 20.9 Å². The Morgan fingerprint density at radius 2 is 1.79 bits per heavy atom. The molecule has 4 rings (SSSR count). The zero-order chi connectivity index (χ0) is 19.3. The summed E-state index contributed by atoms with van der Waals surface area (Å²) in [5, 5.41) is 8.68. The molecule has 0 spiro atoms. The van der Waals surface area contributed by atoms with E-state index in [1.54, 1.807) is 24.3 Å². The van der Waals surface area contributed by atoms with Gasteiger partial charge in [0.1, 0.15) is 0 Å². The molecule has 2 aromatic carbocycles. The maximum atomic E-state index is 12.6. The lowest BCUT2D eigenvalue weighted by molar-refractivity contribution is 0.0951. The molecule has 0 atom stereocenters. The van der Waals surface area contributed by atoms with Crippen molar-refractivity contribution < 1.29 is 9.59 Å². The molecule has 1 aliphatic heterocycles. The zero-order valence-electron chi connectivity index (χ0n) is 15.9. The van der Waals surface area contributed by atoms with E-state index in [1.165, 1.54) is 18.5 Å². The Morgan fingerprint density at radius 3 is 2.57 bits per heavy atom. The summed E-state index contributed by atoms with van der Waals surface area (Å²) in [6.45, 7) is 2.62. The number of urea groups is 1. The van der Waals surface area contributed by atoms with Crippen molar-refractivity contribution in [2.24, 2.45) is 0 Å². The van der Waals surface area contributed by atoms with Crippen LogP contribution in [0.1, 0.15) is 41.6 Å². The monoisotopic (exact) mass is 378 g/mol. The van der Waals surface area contributed by atoms with Crippen molar-refractivity contribution in [3.63, 3.8) is 0 Å². The highest BCUT2D eigenvalue weighted by Gasteiger charge is 2.23. The van der Waals surface area contributed by atoms with E-state index in [9.17, 15) is 9.59 Å². The van der Waals surface area contributed by atoms with Gasteiger partial charge in [0.2, 0.25) is 0 Å². The van der Waals surface area contributed by atoms with E-state index in [2.05, 4.69) is 33.0 Å². The lowest BCUT2D eigenvalue weighted by Crippen LogP contribution is -2.30. The Morgan fingerprint density at radius 1 is 1.00 bits per heavy atom. The minimum Gasteiger partial charge on any atom is -0.371 e. The van der Waals surface area contributed by atoms with Crippen molar-refractivity contribution in [1.29, 1.82) is 0 Å². The smallest absolute Gasteiger partial charge is 0.319 e. The average Bonchev–Trinajstić information content (AvgIpc) is 3.35. The Labute approximate surface area is 165 Å². The molecule has 146 valence electrons. The summed E-state index contributed by atoms with van der Waals surface area (Å²) in [5.41, 5.74) is 3.47. The van der Waals surface area contributed by atoms with Crippen molar-refractivity contribution in [2.45, 2.75) is 38.3 Å². The fourth-order valence-electron chi connectivity index (χ4n) is 3.52. The predicted molar refractivity (Wildman–Crippen MR) is 111 cm³/mol. The third-order valence-electron chi connectivity index (χ3n) is 5.17. The van der Waals surface area contributed by atoms with Crippen LogP contribution in [0.5, 0.6) is 0 Å². The molecule has 2 aromatic rings. The number of carbonyl (C=O) groups excluding carboxylic acids is 2. The van der Waals surface area contributed by atoms with Crippen LogP contribution < -0.4 is 20.9 Å². The summed E-state index contributed by atoms with van der Waals surface area (Å²) in [6.07, 6.45) is 4.51. The van der Waals surface area contributed by atoms with Gasteiger partial charge in [0.05, 0.1) is 0 Å². The first-order chi connectivity index (χ1) is 13.7. The number of nitrogens with zero attached hydrogens (tertiary/aromatic N) is 1. The first-order valence-corrected chi connectivity index (χ1v) is 9.98. The lowest BCUT2D eigenvalue weighted by Gasteiger charge is -2.21. The van der Waals surface area contributed by atoms with E-state index in [0.717, 1.165) is 31.5 Å². The van der Waals surface area contributed by atoms with Gasteiger partial charge in [0.15, 0.2) is 0 Å². The maximum Gasteiger partial charge on any atom is 0.319 e. The number of carbonyl (C=O) groups is 2. The van der Waals surface area contributed by atoms with Crippen LogP contribution in [0.2, 0.25) is 0 Å². The second-order valence-electron chi connectivity index (χ2n) is 7.46. The topological polar surface area (TPSA) is 73.5 Å². The van der Waals surface area contributed by atoms with Crippen LogP contribution in [-0.4, -0.2) is 31.1 Å². The number of para-hydroxylation sites is 1. The molecule has 2 fully saturated rings. The summed E-state index contributed by atoms with van der Waals surface area (Å²) in [5.74, 6) is -0.150. The molecule has 3 N–H and O–H groups in total. The molecule has 1 saturated carbocycles. The van der Waals surface area contributed by atoms with Crippen LogP contribution in [0.3, 0.4) is 0 Å². The van der Waals surface area contributed by atoms with Crippen molar-refractivity contribution in [3.05, 3.63) is 59.7 Å². The van der Waals surface area contributed by atoms with E-state index in [4.69, 9.17) is 0 Å². The Balaban J connectivity index is 1.37. The van der Waals surface area contributed by atoms with Crippen LogP contribution >= 0.6 is 0 Å². The van der Waals surface area contributed by atoms with Gasteiger partial charge in [-0.1, -0.05) is 24.3 Å². The molecule has 0 aromatic heterocycles. The summed E-state index contributed by atoms with van der Waals surface area (Å²) in [4.78, 5) is 26.9. The van der Waals surface area contributed by atoms with Crippen LogP contribution in [0.15, 0.2) is 48.5 Å². The van der Waals surface area contributed by atoms with E-state index >= 15 is 0 Å². The molecule has 3 amide bonds. The molecule has 6 nitrogen and oxygen atoms in total. The molecule has 0 bridgehead atoms. The number of nitrogens with one attached hydrogen (secondary N) is 3. The van der Waals surface area contributed by atoms with E-state index in [0.29, 0.717) is 23.8 Å². The van der Waals surface area contributed by atoms with Gasteiger partial charge in [-0.25, -0.2) is 4.79 Å². The maximum absolute atomic E-state index is 12.6. The van der Waals surface area contributed by atoms with Gasteiger partial charge in [-0.15, -0.1) is 0 Å². The quantitative estimate of drug-likeness (QED) is 0.720. The highest BCUT2D eigenvalue weighted by Crippen LogP contribution is 2.24. The number of rotatable bonds is 6. The van der Waals surface area contributed by atoms with E-state index in [1.807, 2.05) is 12.1 Å². The average molecular weight is 378 g/mol. The summed E-state index contributed by atoms with van der Waals surface area (Å²) < 4.78 is 0. The molecule has 6 heteroatoms. The second kappa shape index (κ2) is 8.33. The molecule has 1 aliphatic carbocycles. The number of hydrogen-bond acceptors (Lipinski definition) is 3. The van der Waals surface area contributed by atoms with Crippen LogP contribution in [0.4, 0.5) is 16.2 Å². The van der Waals surface area contributed by atoms with Crippen LogP contribution in [-0.2, 0) is 6.54 Å². The summed E-state index contributed by atoms with van der Waals surface area (Å²) >= 11 is 0. The van der Waals surface area contributed by atoms with Gasteiger partial charge in [-0.05, 0) is 55.5 Å². The van der Waals surface area contributed by atoms with Crippen molar-refractivity contribution in [3.8, 4) is 0 Å². The van der Waals surface area contributed by atoms with Crippen molar-refractivity contribution in [2.75, 3.05) is 23.3 Å². The first-order valence-electron chi connectivity index (χ1n) is 9.98. The third-order valence-corrected chi connectivity index (χ3v) is 5.17. The number of anilines is 2. The predicted octanol–water partition coefficient (Wildman–Crippen LogP) is 3.50. The van der Waals surface area contributed by atoms with E-state index < -0.39 is 0 Å². The molecular weight excluding hydrogens is 352 g/mol. The molecule has 1 saturated heterocycles. The van der Waals surface area contributed by atoms with Gasteiger partial charge in [0.25, 0.3) is 5.91 Å². The van der Waals surface area contributed by atoms with Crippen molar-refractivity contribution >= 4 is 23.3 Å². The number of hydrogen-bond donors (Lipinski definition) is 3. The number of benzene rings is 2. The normalized spacial score (nSPS) is 15.9. The van der Waals surface area contributed by atoms with E-state index in [-0.39, 0.29) is 11.9 Å². The summed E-state index contributed by atoms with van der Waals surface area (Å²) in [7, 11) is 0. The molecular formula is C22H26N4O2. The fourth-order valence-corrected chi connectivity index (χ4v) is 3.52. The molecule has 2 aliphatic rings. The SMILES string of the molecule is O=C(Nc1cccc(C(=O)NCc2ccccc2N2CCCC2)c1)NC1CC1. The highest BCUT2D eigenvalue weighted by molar-refractivity contribution is 5.97. The van der Waals surface area contributed by atoms with Gasteiger partial charge >= 0.3 is 6.03 Å². The molecule has 1 heterocycles. The molecule has 0 unspecified atom stereocenters. The van der Waals surface area contributed by atoms with Gasteiger partial charge in [-0.3, -0.25) is 4.79 Å². The standard InChI is InChI=1S/C22H26N4O2/c27-21(16-7-5-8-19(14-16)25-22(28)24-18-10-11-18)23-15-17-6-1-2-9-20(17)26-12-3-4-13-26/h1-2,5-9,14,18H,3-4,10-13,15H2,(H,23,27)(H2,24,25,28). The van der Waals surface area contributed by atoms with Crippen LogP contribution in [0.25, 0.3) is 0 Å². The number of amides is 3. The first kappa shape index (κ1) is 18.3. The lowest BCUT2D eigenvalue weighted by atomic mass is 10.1. The minimum atomic E-state index is -0.223. The largest absolute Gasteiger partial charge is 0.371 e.